The molecule has 0 saturated carbocycles. The lowest BCUT2D eigenvalue weighted by molar-refractivity contribution is 0.393. The number of nitrogens with zero attached hydrogens (tertiary/aromatic N) is 2. The molecule has 0 saturated heterocycles. The van der Waals surface area contributed by atoms with Gasteiger partial charge in [0.2, 0.25) is 0 Å². The first-order chi connectivity index (χ1) is 10.1. The van der Waals surface area contributed by atoms with E-state index in [-0.39, 0.29) is 11.9 Å². The highest BCUT2D eigenvalue weighted by Gasteiger charge is 2.22. The predicted molar refractivity (Wildman–Crippen MR) is 81.3 cm³/mol. The quantitative estimate of drug-likeness (QED) is 0.891. The summed E-state index contributed by atoms with van der Waals surface area (Å²) in [4.78, 5) is 0. The normalized spacial score (nSPS) is 12.4. The molecule has 4 nitrogen and oxygen atoms in total. The summed E-state index contributed by atoms with van der Waals surface area (Å²) in [6, 6.07) is 4.59. The summed E-state index contributed by atoms with van der Waals surface area (Å²) in [7, 11) is 3.44. The number of benzene rings is 1. The van der Waals surface area contributed by atoms with Crippen molar-refractivity contribution in [3.63, 3.8) is 0 Å². The average Bonchev–Trinajstić information content (AvgIpc) is 2.83. The van der Waals surface area contributed by atoms with Crippen LogP contribution in [0.25, 0.3) is 0 Å². The zero-order valence-electron chi connectivity index (χ0n) is 12.4. The monoisotopic (exact) mass is 311 g/mol. The van der Waals surface area contributed by atoms with Crippen molar-refractivity contribution in [1.29, 1.82) is 0 Å². The number of hydrogen-bond acceptors (Lipinski definition) is 3. The zero-order valence-corrected chi connectivity index (χ0v) is 13.1. The number of aromatic nitrogens is 2. The molecule has 1 atom stereocenters. The molecule has 0 bridgehead atoms. The third-order valence-corrected chi connectivity index (χ3v) is 3.77. The first-order valence-electron chi connectivity index (χ1n) is 6.80. The summed E-state index contributed by atoms with van der Waals surface area (Å²) in [5.74, 6) is 0.377. The van der Waals surface area contributed by atoms with E-state index in [0.717, 1.165) is 12.2 Å². The SMILES string of the molecule is CCNC(Cc1c(F)cccc1Cl)c1c(OC)cnn1C. The van der Waals surface area contributed by atoms with Gasteiger partial charge in [0.25, 0.3) is 0 Å². The van der Waals surface area contributed by atoms with Crippen molar-refractivity contribution in [2.75, 3.05) is 13.7 Å². The van der Waals surface area contributed by atoms with Gasteiger partial charge < -0.3 is 10.1 Å². The summed E-state index contributed by atoms with van der Waals surface area (Å²) in [6.45, 7) is 2.74. The van der Waals surface area contributed by atoms with Crippen molar-refractivity contribution < 1.29 is 9.13 Å². The van der Waals surface area contributed by atoms with Crippen molar-refractivity contribution in [3.8, 4) is 5.75 Å². The first kappa shape index (κ1) is 15.8. The fourth-order valence-electron chi connectivity index (χ4n) is 2.42. The summed E-state index contributed by atoms with van der Waals surface area (Å²) in [5, 5.41) is 7.97. The van der Waals surface area contributed by atoms with E-state index in [1.54, 1.807) is 30.1 Å². The molecule has 0 amide bonds. The molecule has 1 N–H and O–H groups in total. The van der Waals surface area contributed by atoms with Crippen LogP contribution in [0, 0.1) is 5.82 Å². The van der Waals surface area contributed by atoms with Gasteiger partial charge in [0.1, 0.15) is 5.82 Å². The molecule has 0 spiro atoms. The number of aryl methyl sites for hydroxylation is 1. The fraction of sp³-hybridized carbons (Fsp3) is 0.400. The van der Waals surface area contributed by atoms with Crippen LogP contribution in [0.15, 0.2) is 24.4 Å². The van der Waals surface area contributed by atoms with Gasteiger partial charge in [-0.25, -0.2) is 4.39 Å². The molecular weight excluding hydrogens is 293 g/mol. The number of halogens is 2. The molecule has 0 aliphatic rings. The predicted octanol–water partition coefficient (Wildman–Crippen LogP) is 3.11. The van der Waals surface area contributed by atoms with E-state index < -0.39 is 0 Å². The van der Waals surface area contributed by atoms with Crippen molar-refractivity contribution in [1.82, 2.24) is 15.1 Å². The lowest BCUT2D eigenvalue weighted by Gasteiger charge is -2.20. The molecule has 1 heterocycles. The second kappa shape index (κ2) is 6.91. The van der Waals surface area contributed by atoms with Crippen LogP contribution in [0.3, 0.4) is 0 Å². The van der Waals surface area contributed by atoms with Crippen LogP contribution in [-0.2, 0) is 13.5 Å². The van der Waals surface area contributed by atoms with Gasteiger partial charge in [-0.3, -0.25) is 4.68 Å². The van der Waals surface area contributed by atoms with Crippen molar-refractivity contribution in [2.45, 2.75) is 19.4 Å². The van der Waals surface area contributed by atoms with Crippen LogP contribution in [0.5, 0.6) is 5.75 Å². The number of methoxy groups -OCH3 is 1. The minimum atomic E-state index is -0.300. The molecule has 0 radical (unpaired) electrons. The molecule has 1 aromatic heterocycles. The van der Waals surface area contributed by atoms with E-state index in [1.807, 2.05) is 14.0 Å². The topological polar surface area (TPSA) is 39.1 Å². The minimum absolute atomic E-state index is 0.133. The molecule has 2 rings (SSSR count). The van der Waals surface area contributed by atoms with Crippen LogP contribution in [0.1, 0.15) is 24.2 Å². The second-order valence-corrected chi connectivity index (χ2v) is 5.14. The average molecular weight is 312 g/mol. The Labute approximate surface area is 128 Å². The van der Waals surface area contributed by atoms with Gasteiger partial charge in [0.05, 0.1) is 25.0 Å². The summed E-state index contributed by atoms with van der Waals surface area (Å²) < 4.78 is 21.1. The maximum atomic E-state index is 14.0. The lowest BCUT2D eigenvalue weighted by Crippen LogP contribution is -2.26. The Balaban J connectivity index is 2.38. The number of nitrogens with one attached hydrogen (secondary N) is 1. The summed E-state index contributed by atoms with van der Waals surface area (Å²) >= 11 is 6.13. The smallest absolute Gasteiger partial charge is 0.161 e. The van der Waals surface area contributed by atoms with E-state index in [9.17, 15) is 4.39 Å². The zero-order chi connectivity index (χ0) is 15.4. The third-order valence-electron chi connectivity index (χ3n) is 3.42. The van der Waals surface area contributed by atoms with Crippen molar-refractivity contribution >= 4 is 11.6 Å². The van der Waals surface area contributed by atoms with Gasteiger partial charge in [-0.05, 0) is 25.1 Å². The van der Waals surface area contributed by atoms with Gasteiger partial charge in [0.15, 0.2) is 5.75 Å². The number of hydrogen-bond donors (Lipinski definition) is 1. The maximum Gasteiger partial charge on any atom is 0.161 e. The van der Waals surface area contributed by atoms with Crippen molar-refractivity contribution in [3.05, 3.63) is 46.5 Å². The Morgan fingerprint density at radius 3 is 2.86 bits per heavy atom. The molecule has 114 valence electrons. The van der Waals surface area contributed by atoms with Gasteiger partial charge >= 0.3 is 0 Å². The highest BCUT2D eigenvalue weighted by Crippen LogP contribution is 2.30. The van der Waals surface area contributed by atoms with Crippen LogP contribution < -0.4 is 10.1 Å². The molecule has 0 aliphatic carbocycles. The van der Waals surface area contributed by atoms with Gasteiger partial charge in [-0.2, -0.15) is 5.10 Å². The Bertz CT molecular complexity index is 595. The number of likely N-dealkylation sites (N-methyl/N-ethyl adjacent to an activating group) is 1. The van der Waals surface area contributed by atoms with Crippen LogP contribution in [0.4, 0.5) is 4.39 Å². The van der Waals surface area contributed by atoms with Gasteiger partial charge in [-0.15, -0.1) is 0 Å². The molecular formula is C15H19ClFN3O. The standard InChI is InChI=1S/C15H19ClFN3O/c1-4-18-13(15-14(21-3)9-19-20(15)2)8-10-11(16)6-5-7-12(10)17/h5-7,9,13,18H,4,8H2,1-3H3. The molecule has 1 unspecified atom stereocenters. The minimum Gasteiger partial charge on any atom is -0.493 e. The molecule has 0 aliphatic heterocycles. The first-order valence-corrected chi connectivity index (χ1v) is 7.18. The van der Waals surface area contributed by atoms with E-state index in [4.69, 9.17) is 16.3 Å². The lowest BCUT2D eigenvalue weighted by atomic mass is 10.0. The summed E-state index contributed by atoms with van der Waals surface area (Å²) in [5.41, 5.74) is 1.37. The highest BCUT2D eigenvalue weighted by molar-refractivity contribution is 6.31. The Morgan fingerprint density at radius 1 is 1.48 bits per heavy atom. The van der Waals surface area contributed by atoms with E-state index >= 15 is 0 Å². The van der Waals surface area contributed by atoms with E-state index in [1.165, 1.54) is 6.07 Å². The van der Waals surface area contributed by atoms with Crippen molar-refractivity contribution in [2.24, 2.45) is 7.05 Å². The van der Waals surface area contributed by atoms with E-state index in [0.29, 0.717) is 22.8 Å². The molecule has 6 heteroatoms. The Morgan fingerprint density at radius 2 is 2.24 bits per heavy atom. The second-order valence-electron chi connectivity index (χ2n) is 4.74. The van der Waals surface area contributed by atoms with Gasteiger partial charge in [-0.1, -0.05) is 24.6 Å². The largest absolute Gasteiger partial charge is 0.493 e. The number of rotatable bonds is 6. The third kappa shape index (κ3) is 3.36. The molecule has 0 fully saturated rings. The highest BCUT2D eigenvalue weighted by atomic mass is 35.5. The molecule has 21 heavy (non-hydrogen) atoms. The van der Waals surface area contributed by atoms with Crippen LogP contribution >= 0.6 is 11.6 Å². The van der Waals surface area contributed by atoms with Crippen LogP contribution in [0.2, 0.25) is 5.02 Å². The van der Waals surface area contributed by atoms with Crippen LogP contribution in [-0.4, -0.2) is 23.4 Å². The van der Waals surface area contributed by atoms with E-state index in [2.05, 4.69) is 10.4 Å². The Kier molecular flexibility index (Phi) is 5.20. The maximum absolute atomic E-state index is 14.0. The molecule has 1 aromatic carbocycles. The Hall–Kier alpha value is -1.59. The fourth-order valence-corrected chi connectivity index (χ4v) is 2.66. The van der Waals surface area contributed by atoms with Gasteiger partial charge in [0, 0.05) is 17.6 Å². The molecule has 2 aromatic rings. The number of ether oxygens (including phenoxy) is 1. The summed E-state index contributed by atoms with van der Waals surface area (Å²) in [6.07, 6.45) is 2.08.